The van der Waals surface area contributed by atoms with E-state index in [2.05, 4.69) is 57.0 Å². The summed E-state index contributed by atoms with van der Waals surface area (Å²) in [4.78, 5) is 4.53. The molecule has 1 saturated carbocycles. The van der Waals surface area contributed by atoms with Crippen molar-refractivity contribution in [2.45, 2.75) is 18.9 Å². The molecule has 0 radical (unpaired) electrons. The van der Waals surface area contributed by atoms with Crippen LogP contribution in [0.4, 0.5) is 5.69 Å². The number of hydrogen-bond donors (Lipinski definition) is 1. The van der Waals surface area contributed by atoms with Crippen molar-refractivity contribution in [2.75, 3.05) is 5.32 Å². The van der Waals surface area contributed by atoms with E-state index in [9.17, 15) is 0 Å². The van der Waals surface area contributed by atoms with Crippen molar-refractivity contribution in [1.82, 2.24) is 20.0 Å². The molecule has 0 saturated heterocycles. The van der Waals surface area contributed by atoms with Gasteiger partial charge in [0.2, 0.25) is 0 Å². The van der Waals surface area contributed by atoms with Crippen LogP contribution in [0.5, 0.6) is 0 Å². The van der Waals surface area contributed by atoms with Gasteiger partial charge in [0.15, 0.2) is 0 Å². The minimum absolute atomic E-state index is 0.272. The smallest absolute Gasteiger partial charge is 0.113 e. The first kappa shape index (κ1) is 13.9. The summed E-state index contributed by atoms with van der Waals surface area (Å²) in [5.74, 6) is 0.671. The van der Waals surface area contributed by atoms with E-state index in [4.69, 9.17) is 0 Å². The Bertz CT molecular complexity index is 792. The molecule has 0 bridgehead atoms. The lowest BCUT2D eigenvalue weighted by Crippen LogP contribution is -2.14. The van der Waals surface area contributed by atoms with Crippen LogP contribution >= 0.6 is 0 Å². The maximum atomic E-state index is 4.53. The lowest BCUT2D eigenvalue weighted by molar-refractivity contribution is 0.658. The van der Waals surface area contributed by atoms with Crippen LogP contribution in [0.25, 0.3) is 11.3 Å². The van der Waals surface area contributed by atoms with Crippen molar-refractivity contribution in [3.05, 3.63) is 60.6 Å². The van der Waals surface area contributed by atoms with E-state index in [0.717, 1.165) is 22.6 Å². The highest BCUT2D eigenvalue weighted by Gasteiger charge is 2.33. The van der Waals surface area contributed by atoms with Crippen LogP contribution in [0.15, 0.2) is 54.9 Å². The maximum absolute atomic E-state index is 4.53. The molecule has 23 heavy (non-hydrogen) atoms. The number of anilines is 1. The van der Waals surface area contributed by atoms with Gasteiger partial charge in [-0.15, -0.1) is 5.10 Å². The van der Waals surface area contributed by atoms with Crippen LogP contribution in [0, 0.1) is 5.92 Å². The summed E-state index contributed by atoms with van der Waals surface area (Å²) in [5.41, 5.74) is 4.16. The van der Waals surface area contributed by atoms with Crippen LogP contribution in [-0.4, -0.2) is 20.0 Å². The van der Waals surface area contributed by atoms with Crippen molar-refractivity contribution in [2.24, 2.45) is 13.0 Å². The van der Waals surface area contributed by atoms with Crippen molar-refractivity contribution < 1.29 is 0 Å². The number of benzene rings is 1. The molecule has 116 valence electrons. The average Bonchev–Trinajstić information content (AvgIpc) is 3.34. The summed E-state index contributed by atoms with van der Waals surface area (Å²) in [6.45, 7) is 0. The van der Waals surface area contributed by atoms with E-state index in [0.29, 0.717) is 5.92 Å². The molecule has 1 atom stereocenters. The Morgan fingerprint density at radius 3 is 2.78 bits per heavy atom. The first-order chi connectivity index (χ1) is 11.3. The molecule has 1 aliphatic rings. The molecule has 2 aromatic heterocycles. The Hall–Kier alpha value is -2.69. The third-order valence-corrected chi connectivity index (χ3v) is 4.18. The third-order valence-electron chi connectivity index (χ3n) is 4.18. The molecule has 0 spiro atoms. The lowest BCUT2D eigenvalue weighted by atomic mass is 10.1. The van der Waals surface area contributed by atoms with Gasteiger partial charge in [0, 0.05) is 24.5 Å². The number of nitrogens with one attached hydrogen (secondary N) is 1. The van der Waals surface area contributed by atoms with Gasteiger partial charge in [0.05, 0.1) is 17.9 Å². The third kappa shape index (κ3) is 3.08. The molecule has 1 aliphatic carbocycles. The Labute approximate surface area is 135 Å². The van der Waals surface area contributed by atoms with Gasteiger partial charge in [-0.2, -0.15) is 0 Å². The molecule has 3 aromatic rings. The number of nitrogens with zero attached hydrogens (tertiary/aromatic N) is 4. The molecule has 1 N–H and O–H groups in total. The van der Waals surface area contributed by atoms with Crippen LogP contribution in [0.2, 0.25) is 0 Å². The molecular formula is C18H19N5. The second-order valence-corrected chi connectivity index (χ2v) is 6.07. The Morgan fingerprint density at radius 1 is 1.17 bits per heavy atom. The zero-order valence-electron chi connectivity index (χ0n) is 13.1. The molecule has 0 aliphatic heterocycles. The quantitative estimate of drug-likeness (QED) is 0.784. The number of pyridine rings is 1. The topological polar surface area (TPSA) is 55.6 Å². The zero-order chi connectivity index (χ0) is 15.6. The number of rotatable bonds is 5. The van der Waals surface area contributed by atoms with Crippen molar-refractivity contribution in [3.63, 3.8) is 0 Å². The Kier molecular flexibility index (Phi) is 3.54. The molecule has 1 aromatic carbocycles. The second-order valence-electron chi connectivity index (χ2n) is 6.07. The number of hydrogen-bond acceptors (Lipinski definition) is 4. The fourth-order valence-electron chi connectivity index (χ4n) is 2.85. The van der Waals surface area contributed by atoms with Gasteiger partial charge in [-0.1, -0.05) is 23.4 Å². The van der Waals surface area contributed by atoms with Crippen molar-refractivity contribution >= 4 is 5.69 Å². The van der Waals surface area contributed by atoms with E-state index >= 15 is 0 Å². The first-order valence-corrected chi connectivity index (χ1v) is 7.94. The minimum Gasteiger partial charge on any atom is -0.376 e. The van der Waals surface area contributed by atoms with Crippen molar-refractivity contribution in [1.29, 1.82) is 0 Å². The normalized spacial score (nSPS) is 15.3. The van der Waals surface area contributed by atoms with Gasteiger partial charge < -0.3 is 5.32 Å². The highest BCUT2D eigenvalue weighted by molar-refractivity contribution is 5.64. The molecule has 2 heterocycles. The van der Waals surface area contributed by atoms with Gasteiger partial charge in [0.25, 0.3) is 0 Å². The fourth-order valence-corrected chi connectivity index (χ4v) is 2.85. The predicted octanol–water partition coefficient (Wildman–Crippen LogP) is 3.44. The fraction of sp³-hybridized carbons (Fsp3) is 0.278. The van der Waals surface area contributed by atoms with Gasteiger partial charge in [0.1, 0.15) is 5.69 Å². The van der Waals surface area contributed by atoms with Crippen LogP contribution in [0.3, 0.4) is 0 Å². The van der Waals surface area contributed by atoms with E-state index in [1.54, 1.807) is 4.68 Å². The Morgan fingerprint density at radius 2 is 2.09 bits per heavy atom. The molecule has 0 amide bonds. The van der Waals surface area contributed by atoms with Crippen molar-refractivity contribution in [3.8, 4) is 11.3 Å². The second kappa shape index (κ2) is 5.83. The van der Waals surface area contributed by atoms with E-state index in [1.165, 1.54) is 12.8 Å². The first-order valence-electron chi connectivity index (χ1n) is 7.94. The monoisotopic (exact) mass is 305 g/mol. The molecule has 4 rings (SSSR count). The number of aromatic nitrogens is 4. The van der Waals surface area contributed by atoms with Gasteiger partial charge in [-0.3, -0.25) is 9.67 Å². The molecule has 5 nitrogen and oxygen atoms in total. The van der Waals surface area contributed by atoms with Gasteiger partial charge in [-0.05, 0) is 43.0 Å². The summed E-state index contributed by atoms with van der Waals surface area (Å²) in [7, 11) is 1.88. The van der Waals surface area contributed by atoms with E-state index in [1.807, 2.05) is 25.5 Å². The largest absolute Gasteiger partial charge is 0.376 e. The lowest BCUT2D eigenvalue weighted by Gasteiger charge is -2.19. The minimum atomic E-state index is 0.272. The molecule has 5 heteroatoms. The summed E-state index contributed by atoms with van der Waals surface area (Å²) in [6, 6.07) is 14.7. The summed E-state index contributed by atoms with van der Waals surface area (Å²) < 4.78 is 1.72. The van der Waals surface area contributed by atoms with E-state index < -0.39 is 0 Å². The SMILES string of the molecule is Cn1cc(-c2cccc(NC(c3ccccn3)C3CC3)c2)nn1. The van der Waals surface area contributed by atoms with Crippen LogP contribution < -0.4 is 5.32 Å². The summed E-state index contributed by atoms with van der Waals surface area (Å²) >= 11 is 0. The highest BCUT2D eigenvalue weighted by atomic mass is 15.4. The highest BCUT2D eigenvalue weighted by Crippen LogP contribution is 2.42. The van der Waals surface area contributed by atoms with Crippen LogP contribution in [0.1, 0.15) is 24.6 Å². The number of aryl methyl sites for hydroxylation is 1. The van der Waals surface area contributed by atoms with Gasteiger partial charge in [-0.25, -0.2) is 0 Å². The standard InChI is InChI=1S/C18H19N5/c1-23-12-17(21-22-23)14-5-4-6-15(11-14)20-18(13-8-9-13)16-7-2-3-10-19-16/h2-7,10-13,18,20H,8-9H2,1H3. The molecular weight excluding hydrogens is 286 g/mol. The summed E-state index contributed by atoms with van der Waals surface area (Å²) in [5, 5.41) is 11.8. The molecule has 1 unspecified atom stereocenters. The average molecular weight is 305 g/mol. The predicted molar refractivity (Wildman–Crippen MR) is 89.8 cm³/mol. The van der Waals surface area contributed by atoms with Gasteiger partial charge >= 0.3 is 0 Å². The van der Waals surface area contributed by atoms with Crippen LogP contribution in [-0.2, 0) is 7.05 Å². The Balaban J connectivity index is 1.60. The zero-order valence-corrected chi connectivity index (χ0v) is 13.1. The van der Waals surface area contributed by atoms with E-state index in [-0.39, 0.29) is 6.04 Å². The summed E-state index contributed by atoms with van der Waals surface area (Å²) in [6.07, 6.45) is 6.31. The molecule has 1 fully saturated rings. The maximum Gasteiger partial charge on any atom is 0.113 e.